The van der Waals surface area contributed by atoms with Gasteiger partial charge in [-0.3, -0.25) is 9.59 Å². The van der Waals surface area contributed by atoms with Crippen molar-refractivity contribution in [1.82, 2.24) is 16.0 Å². The van der Waals surface area contributed by atoms with Crippen LogP contribution in [0.1, 0.15) is 60.2 Å². The topological polar surface area (TPSA) is 146 Å². The quantitative estimate of drug-likeness (QED) is 0.279. The molecule has 0 saturated carbocycles. The number of aliphatic carboxylic acids is 1. The fourth-order valence-corrected chi connectivity index (χ4v) is 5.33. The molecular formula is C25H30FIN4O6S. The summed E-state index contributed by atoms with van der Waals surface area (Å²) in [5.41, 5.74) is -0.513. The van der Waals surface area contributed by atoms with Crippen molar-refractivity contribution in [3.63, 3.8) is 0 Å². The van der Waals surface area contributed by atoms with Crippen molar-refractivity contribution >= 4 is 68.5 Å². The Hall–Kier alpha value is -2.94. The minimum atomic E-state index is -1.48. The zero-order valence-corrected chi connectivity index (χ0v) is 24.6. The summed E-state index contributed by atoms with van der Waals surface area (Å²) in [5, 5.41) is 20.4. The van der Waals surface area contributed by atoms with Crippen LogP contribution in [0.25, 0.3) is 0 Å². The molecule has 3 rings (SSSR count). The van der Waals surface area contributed by atoms with Crippen LogP contribution in [0.3, 0.4) is 0 Å². The molecule has 1 aromatic heterocycles. The van der Waals surface area contributed by atoms with Gasteiger partial charge >= 0.3 is 12.1 Å². The molecule has 13 heteroatoms. The average Bonchev–Trinajstić information content (AvgIpc) is 3.07. The molecule has 1 aliphatic heterocycles. The predicted molar refractivity (Wildman–Crippen MR) is 150 cm³/mol. The van der Waals surface area contributed by atoms with Crippen molar-refractivity contribution in [2.75, 3.05) is 18.4 Å². The molecule has 0 bridgehead atoms. The number of benzene rings is 1. The normalized spacial score (nSPS) is 15.4. The number of carbonyl (C=O) groups is 4. The zero-order valence-electron chi connectivity index (χ0n) is 21.6. The molecule has 0 aliphatic carbocycles. The largest absolute Gasteiger partial charge is 0.480 e. The van der Waals surface area contributed by atoms with Gasteiger partial charge in [-0.25, -0.2) is 14.0 Å². The minimum absolute atomic E-state index is 0.116. The number of carboxylic acid groups (broad SMARTS) is 1. The molecule has 10 nitrogen and oxygen atoms in total. The van der Waals surface area contributed by atoms with E-state index < -0.39 is 42.0 Å². The molecule has 2 heterocycles. The number of hydrogen-bond donors (Lipinski definition) is 5. The van der Waals surface area contributed by atoms with Crippen molar-refractivity contribution in [3.05, 3.63) is 43.6 Å². The first-order chi connectivity index (χ1) is 17.6. The van der Waals surface area contributed by atoms with Gasteiger partial charge in [-0.15, -0.1) is 11.3 Å². The first-order valence-corrected chi connectivity index (χ1v) is 13.6. The third-order valence-electron chi connectivity index (χ3n) is 5.46. The molecule has 0 saturated heterocycles. The van der Waals surface area contributed by atoms with E-state index in [4.69, 9.17) is 4.74 Å². The molecular weight excluding hydrogens is 630 g/mol. The van der Waals surface area contributed by atoms with Crippen LogP contribution in [0.15, 0.2) is 18.2 Å². The summed E-state index contributed by atoms with van der Waals surface area (Å²) in [5.74, 6) is -2.93. The Labute approximate surface area is 237 Å². The number of fused-ring (bicyclic) bond motifs is 1. The lowest BCUT2D eigenvalue weighted by Gasteiger charge is -2.23. The second-order valence-corrected chi connectivity index (χ2v) is 12.9. The van der Waals surface area contributed by atoms with Crippen molar-refractivity contribution in [2.45, 2.75) is 52.7 Å². The lowest BCUT2D eigenvalue weighted by Crippen LogP contribution is -2.49. The lowest BCUT2D eigenvalue weighted by molar-refractivity contribution is -0.139. The Balaban J connectivity index is 1.94. The number of thiophene rings is 1. The monoisotopic (exact) mass is 660 g/mol. The predicted octanol–water partition coefficient (Wildman–Crippen LogP) is 4.26. The summed E-state index contributed by atoms with van der Waals surface area (Å²) in [4.78, 5) is 50.5. The molecule has 1 aliphatic rings. The number of nitrogens with one attached hydrogen (secondary N) is 4. The summed E-state index contributed by atoms with van der Waals surface area (Å²) in [6.07, 6.45) is -0.575. The van der Waals surface area contributed by atoms with Crippen molar-refractivity contribution in [3.8, 4) is 0 Å². The highest BCUT2D eigenvalue weighted by atomic mass is 127. The average molecular weight is 661 g/mol. The SMILES string of the molecule is CC1(C)CNC(=O)c2sc(Nc3ccc(I)cc3F)c(C(=O)NCC(NC(=O)OC(C)(C)C)C(=O)O)c2C1. The number of carboxylic acids is 1. The van der Waals surface area contributed by atoms with E-state index in [0.29, 0.717) is 27.0 Å². The molecule has 38 heavy (non-hydrogen) atoms. The maximum absolute atomic E-state index is 14.6. The maximum atomic E-state index is 14.6. The zero-order chi connectivity index (χ0) is 28.4. The number of anilines is 2. The van der Waals surface area contributed by atoms with E-state index >= 15 is 0 Å². The highest BCUT2D eigenvalue weighted by molar-refractivity contribution is 14.1. The van der Waals surface area contributed by atoms with Crippen molar-refractivity contribution in [2.24, 2.45) is 5.41 Å². The molecule has 0 spiro atoms. The van der Waals surface area contributed by atoms with Gasteiger partial charge in [0.05, 0.1) is 16.1 Å². The van der Waals surface area contributed by atoms with E-state index in [1.165, 1.54) is 12.1 Å². The number of alkyl carbamates (subject to hydrolysis) is 1. The van der Waals surface area contributed by atoms with E-state index in [9.17, 15) is 28.7 Å². The van der Waals surface area contributed by atoms with Gasteiger partial charge in [-0.1, -0.05) is 13.8 Å². The van der Waals surface area contributed by atoms with Crippen LogP contribution in [0, 0.1) is 14.8 Å². The molecule has 0 radical (unpaired) electrons. The number of amides is 3. The van der Waals surface area contributed by atoms with Crippen molar-refractivity contribution in [1.29, 1.82) is 0 Å². The third kappa shape index (κ3) is 7.56. The number of ether oxygens (including phenoxy) is 1. The van der Waals surface area contributed by atoms with E-state index in [-0.39, 0.29) is 27.6 Å². The van der Waals surface area contributed by atoms with Gasteiger partial charge in [0.1, 0.15) is 22.5 Å². The lowest BCUT2D eigenvalue weighted by atomic mass is 9.85. The van der Waals surface area contributed by atoms with Gasteiger partial charge in [0.25, 0.3) is 11.8 Å². The highest BCUT2D eigenvalue weighted by Gasteiger charge is 2.35. The number of rotatable bonds is 7. The van der Waals surface area contributed by atoms with Crippen LogP contribution in [0.2, 0.25) is 0 Å². The summed E-state index contributed by atoms with van der Waals surface area (Å²) in [7, 11) is 0. The van der Waals surface area contributed by atoms with Gasteiger partial charge in [-0.2, -0.15) is 0 Å². The standard InChI is InChI=1S/C25H30FIN4O6S/c1-24(2,3)37-23(36)31-16(22(34)35)10-28-19(32)17-13-9-25(4,5)11-29-20(33)18(13)38-21(17)30-15-7-6-12(27)8-14(15)26/h6-8,16,30H,9-11H2,1-5H3,(H,28,32)(H,29,33)(H,31,36)(H,34,35). The van der Waals surface area contributed by atoms with E-state index in [2.05, 4.69) is 21.3 Å². The second kappa shape index (κ2) is 11.4. The maximum Gasteiger partial charge on any atom is 0.408 e. The van der Waals surface area contributed by atoms with Gasteiger partial charge < -0.3 is 31.1 Å². The minimum Gasteiger partial charge on any atom is -0.480 e. The van der Waals surface area contributed by atoms with Gasteiger partial charge in [-0.05, 0) is 79.0 Å². The number of hydrogen-bond acceptors (Lipinski definition) is 7. The van der Waals surface area contributed by atoms with Crippen LogP contribution in [0.4, 0.5) is 19.9 Å². The van der Waals surface area contributed by atoms with Gasteiger partial charge in [0, 0.05) is 16.7 Å². The van der Waals surface area contributed by atoms with Crippen LogP contribution < -0.4 is 21.3 Å². The van der Waals surface area contributed by atoms with Gasteiger partial charge in [0.15, 0.2) is 0 Å². The molecule has 1 atom stereocenters. The fourth-order valence-electron chi connectivity index (χ4n) is 3.73. The molecule has 1 aromatic carbocycles. The molecule has 206 valence electrons. The Morgan fingerprint density at radius 1 is 1.29 bits per heavy atom. The fraction of sp³-hybridized carbons (Fsp3) is 0.440. The summed E-state index contributed by atoms with van der Waals surface area (Å²) >= 11 is 3.00. The highest BCUT2D eigenvalue weighted by Crippen LogP contribution is 2.40. The van der Waals surface area contributed by atoms with Crippen LogP contribution >= 0.6 is 33.9 Å². The van der Waals surface area contributed by atoms with Crippen molar-refractivity contribution < 1.29 is 33.4 Å². The first kappa shape index (κ1) is 29.6. The summed E-state index contributed by atoms with van der Waals surface area (Å²) < 4.78 is 20.4. The Bertz CT molecular complexity index is 1270. The summed E-state index contributed by atoms with van der Waals surface area (Å²) in [6, 6.07) is 3.08. The van der Waals surface area contributed by atoms with Crippen LogP contribution in [-0.2, 0) is 16.0 Å². The van der Waals surface area contributed by atoms with Gasteiger partial charge in [0.2, 0.25) is 0 Å². The summed E-state index contributed by atoms with van der Waals surface area (Å²) in [6.45, 7) is 8.73. The van der Waals surface area contributed by atoms with E-state index in [0.717, 1.165) is 11.3 Å². The van der Waals surface area contributed by atoms with Crippen LogP contribution in [-0.4, -0.2) is 53.7 Å². The first-order valence-electron chi connectivity index (χ1n) is 11.7. The second-order valence-electron chi connectivity index (χ2n) is 10.6. The molecule has 0 fully saturated rings. The van der Waals surface area contributed by atoms with E-state index in [1.54, 1.807) is 26.8 Å². The Morgan fingerprint density at radius 2 is 1.97 bits per heavy atom. The molecule has 1 unspecified atom stereocenters. The smallest absolute Gasteiger partial charge is 0.408 e. The number of halogens is 2. The van der Waals surface area contributed by atoms with Crippen LogP contribution in [0.5, 0.6) is 0 Å². The third-order valence-corrected chi connectivity index (χ3v) is 7.28. The van der Waals surface area contributed by atoms with E-state index in [1.807, 2.05) is 36.4 Å². The molecule has 2 aromatic rings. The molecule has 3 amide bonds. The number of carbonyl (C=O) groups excluding carboxylic acids is 3. The Morgan fingerprint density at radius 3 is 2.58 bits per heavy atom. The molecule has 5 N–H and O–H groups in total. The Kier molecular flexibility index (Phi) is 8.91.